The van der Waals surface area contributed by atoms with Crippen LogP contribution in [0.5, 0.6) is 0 Å². The zero-order chi connectivity index (χ0) is 17.0. The van der Waals surface area contributed by atoms with Crippen molar-refractivity contribution in [2.75, 3.05) is 0 Å². The van der Waals surface area contributed by atoms with E-state index in [-0.39, 0.29) is 16.9 Å². The van der Waals surface area contributed by atoms with Crippen LogP contribution in [-0.4, -0.2) is 22.0 Å². The number of aryl methyl sites for hydroxylation is 2. The van der Waals surface area contributed by atoms with E-state index >= 15 is 0 Å². The molecule has 0 fully saturated rings. The number of nitrogens with two attached hydrogens (primary N) is 1. The summed E-state index contributed by atoms with van der Waals surface area (Å²) in [5, 5.41) is 0.492. The number of hydrogen-bond donors (Lipinski definition) is 1. The van der Waals surface area contributed by atoms with Crippen LogP contribution in [0, 0.1) is 13.8 Å². The van der Waals surface area contributed by atoms with Crippen molar-refractivity contribution in [1.29, 1.82) is 0 Å². The quantitative estimate of drug-likeness (QED) is 0.660. The molecule has 0 aromatic carbocycles. The lowest BCUT2D eigenvalue weighted by molar-refractivity contribution is -0.146. The molecule has 0 radical (unpaired) electrons. The first kappa shape index (κ1) is 17.7. The number of aromatic nitrogens is 2. The highest BCUT2D eigenvalue weighted by molar-refractivity contribution is 6.32. The van der Waals surface area contributed by atoms with Gasteiger partial charge in [0, 0.05) is 11.4 Å². The van der Waals surface area contributed by atoms with Crippen LogP contribution in [-0.2, 0) is 22.6 Å². The van der Waals surface area contributed by atoms with Crippen LogP contribution in [0.1, 0.15) is 22.5 Å². The number of halogens is 2. The Labute approximate surface area is 144 Å². The largest absolute Gasteiger partial charge is 0.460 e. The number of hydrogen-bond acceptors (Lipinski definition) is 5. The summed E-state index contributed by atoms with van der Waals surface area (Å²) in [5.41, 5.74) is 9.31. The molecule has 7 heteroatoms. The van der Waals surface area contributed by atoms with Gasteiger partial charge in [0.2, 0.25) is 0 Å². The fourth-order valence-corrected chi connectivity index (χ4v) is 2.74. The maximum absolute atomic E-state index is 12.0. The van der Waals surface area contributed by atoms with Crippen LogP contribution < -0.4 is 5.73 Å². The van der Waals surface area contributed by atoms with E-state index in [4.69, 9.17) is 33.7 Å². The minimum absolute atomic E-state index is 0.0445. The average molecular weight is 354 g/mol. The summed E-state index contributed by atoms with van der Waals surface area (Å²) in [6.45, 7) is 3.84. The fraction of sp³-hybridized carbons (Fsp3) is 0.312. The van der Waals surface area contributed by atoms with Gasteiger partial charge in [-0.1, -0.05) is 23.2 Å². The molecule has 2 rings (SSSR count). The first-order chi connectivity index (χ1) is 10.8. The molecule has 2 aromatic heterocycles. The van der Waals surface area contributed by atoms with Crippen molar-refractivity contribution < 1.29 is 9.53 Å². The Morgan fingerprint density at radius 1 is 1.09 bits per heavy atom. The Bertz CT molecular complexity index is 682. The van der Waals surface area contributed by atoms with Crippen LogP contribution in [0.2, 0.25) is 10.3 Å². The molecule has 5 nitrogen and oxygen atoms in total. The topological polar surface area (TPSA) is 78.1 Å². The first-order valence-corrected chi connectivity index (χ1v) is 7.77. The van der Waals surface area contributed by atoms with Crippen molar-refractivity contribution in [3.8, 4) is 0 Å². The van der Waals surface area contributed by atoms with E-state index in [1.54, 1.807) is 12.1 Å². The second-order valence-corrected chi connectivity index (χ2v) is 6.07. The number of esters is 1. The van der Waals surface area contributed by atoms with Crippen molar-refractivity contribution in [3.63, 3.8) is 0 Å². The third-order valence-corrected chi connectivity index (χ3v) is 3.49. The van der Waals surface area contributed by atoms with Crippen molar-refractivity contribution in [2.45, 2.75) is 32.9 Å². The molecule has 23 heavy (non-hydrogen) atoms. The van der Waals surface area contributed by atoms with Gasteiger partial charge in [0.1, 0.15) is 23.0 Å². The molecule has 122 valence electrons. The minimum atomic E-state index is -0.746. The second kappa shape index (κ2) is 7.73. The Balaban J connectivity index is 1.94. The molecule has 2 heterocycles. The normalized spacial score (nSPS) is 12.0. The smallest absolute Gasteiger partial charge is 0.323 e. The van der Waals surface area contributed by atoms with Gasteiger partial charge in [-0.3, -0.25) is 9.78 Å². The molecule has 1 atom stereocenters. The molecule has 0 spiro atoms. The van der Waals surface area contributed by atoms with Crippen LogP contribution in [0.15, 0.2) is 24.3 Å². The molecule has 2 N–H and O–H groups in total. The van der Waals surface area contributed by atoms with E-state index in [9.17, 15) is 4.79 Å². The third-order valence-electron chi connectivity index (χ3n) is 3.10. The zero-order valence-electron chi connectivity index (χ0n) is 12.8. The number of carbonyl (C=O) groups is 1. The first-order valence-electron chi connectivity index (χ1n) is 7.02. The number of ether oxygens (including phenoxy) is 1. The summed E-state index contributed by atoms with van der Waals surface area (Å²) < 4.78 is 5.21. The Kier molecular flexibility index (Phi) is 5.93. The maximum atomic E-state index is 12.0. The van der Waals surface area contributed by atoms with Gasteiger partial charge in [0.05, 0.1) is 0 Å². The summed E-state index contributed by atoms with van der Waals surface area (Å²) in [4.78, 5) is 20.1. The van der Waals surface area contributed by atoms with E-state index in [0.29, 0.717) is 12.0 Å². The Morgan fingerprint density at radius 2 is 1.65 bits per heavy atom. The molecule has 0 saturated carbocycles. The second-order valence-electron chi connectivity index (χ2n) is 5.30. The molecule has 0 aliphatic heterocycles. The average Bonchev–Trinajstić information content (AvgIpc) is 2.42. The lowest BCUT2D eigenvalue weighted by Gasteiger charge is -2.12. The van der Waals surface area contributed by atoms with Gasteiger partial charge in [0.25, 0.3) is 0 Å². The van der Waals surface area contributed by atoms with E-state index in [2.05, 4.69) is 9.97 Å². The fourth-order valence-electron chi connectivity index (χ4n) is 2.24. The standard InChI is InChI=1S/C16H17Cl2N3O2/c1-9-3-11(4-10(2)20-9)5-13(19)16(22)23-8-12-6-14(17)21-15(18)7-12/h3-4,6-7,13H,5,8,19H2,1-2H3/t13-/m0/s1. The van der Waals surface area contributed by atoms with Crippen LogP contribution in [0.25, 0.3) is 0 Å². The number of carbonyl (C=O) groups excluding carboxylic acids is 1. The lowest BCUT2D eigenvalue weighted by atomic mass is 10.1. The highest BCUT2D eigenvalue weighted by Gasteiger charge is 2.16. The van der Waals surface area contributed by atoms with Crippen molar-refractivity contribution in [3.05, 3.63) is 57.1 Å². The van der Waals surface area contributed by atoms with Gasteiger partial charge in [0.15, 0.2) is 0 Å². The van der Waals surface area contributed by atoms with Crippen molar-refractivity contribution in [1.82, 2.24) is 9.97 Å². The zero-order valence-corrected chi connectivity index (χ0v) is 14.4. The molecule has 0 amide bonds. The van der Waals surface area contributed by atoms with Gasteiger partial charge in [-0.15, -0.1) is 0 Å². The number of rotatable bonds is 5. The Morgan fingerprint density at radius 3 is 2.22 bits per heavy atom. The summed E-state index contributed by atoms with van der Waals surface area (Å²) in [6.07, 6.45) is 0.390. The van der Waals surface area contributed by atoms with Crippen molar-refractivity contribution in [2.24, 2.45) is 5.73 Å². The maximum Gasteiger partial charge on any atom is 0.323 e. The lowest BCUT2D eigenvalue weighted by Crippen LogP contribution is -2.34. The van der Waals surface area contributed by atoms with Gasteiger partial charge in [-0.2, -0.15) is 0 Å². The SMILES string of the molecule is Cc1cc(C[C@H](N)C(=O)OCc2cc(Cl)nc(Cl)c2)cc(C)n1. The number of nitrogens with zero attached hydrogens (tertiary/aromatic N) is 2. The third kappa shape index (κ3) is 5.46. The van der Waals surface area contributed by atoms with Gasteiger partial charge < -0.3 is 10.5 Å². The van der Waals surface area contributed by atoms with E-state index in [0.717, 1.165) is 17.0 Å². The minimum Gasteiger partial charge on any atom is -0.460 e. The molecule has 0 aliphatic rings. The molecule has 0 aliphatic carbocycles. The summed E-state index contributed by atoms with van der Waals surface area (Å²) in [5.74, 6) is -0.485. The molecular weight excluding hydrogens is 337 g/mol. The highest BCUT2D eigenvalue weighted by Crippen LogP contribution is 2.16. The Hall–Kier alpha value is -1.69. The molecular formula is C16H17Cl2N3O2. The molecule has 0 unspecified atom stereocenters. The predicted octanol–water partition coefficient (Wildman–Crippen LogP) is 3.01. The van der Waals surface area contributed by atoms with Crippen LogP contribution in [0.3, 0.4) is 0 Å². The van der Waals surface area contributed by atoms with Crippen molar-refractivity contribution >= 4 is 29.2 Å². The van der Waals surface area contributed by atoms with E-state index in [1.165, 1.54) is 0 Å². The summed E-state index contributed by atoms with van der Waals surface area (Å²) in [7, 11) is 0. The highest BCUT2D eigenvalue weighted by atomic mass is 35.5. The van der Waals surface area contributed by atoms with E-state index in [1.807, 2.05) is 26.0 Å². The predicted molar refractivity (Wildman–Crippen MR) is 89.4 cm³/mol. The van der Waals surface area contributed by atoms with Gasteiger partial charge >= 0.3 is 5.97 Å². The molecule has 2 aromatic rings. The van der Waals surface area contributed by atoms with E-state index < -0.39 is 12.0 Å². The van der Waals surface area contributed by atoms with Gasteiger partial charge in [-0.05, 0) is 55.7 Å². The van der Waals surface area contributed by atoms with Gasteiger partial charge in [-0.25, -0.2) is 4.98 Å². The number of pyridine rings is 2. The molecule has 0 bridgehead atoms. The summed E-state index contributed by atoms with van der Waals surface area (Å²) in [6, 6.07) is 6.23. The monoisotopic (exact) mass is 353 g/mol. The van der Waals surface area contributed by atoms with Crippen LogP contribution >= 0.6 is 23.2 Å². The molecule has 0 saturated heterocycles. The van der Waals surface area contributed by atoms with Crippen LogP contribution in [0.4, 0.5) is 0 Å². The summed E-state index contributed by atoms with van der Waals surface area (Å²) >= 11 is 11.6.